The number of nitrogens with one attached hydrogen (secondary N) is 1. The zero-order valence-electron chi connectivity index (χ0n) is 12.1. The molecule has 1 aromatic rings. The maximum absolute atomic E-state index is 12.3. The molecule has 0 radical (unpaired) electrons. The number of carbonyl (C=O) groups is 1. The van der Waals surface area contributed by atoms with E-state index in [1.54, 1.807) is 11.3 Å². The van der Waals surface area contributed by atoms with Gasteiger partial charge >= 0.3 is 0 Å². The smallest absolute Gasteiger partial charge is 0.261 e. The van der Waals surface area contributed by atoms with Crippen molar-refractivity contribution in [3.63, 3.8) is 0 Å². The second kappa shape index (κ2) is 7.09. The molecule has 106 valence electrons. The predicted molar refractivity (Wildman–Crippen MR) is 82.0 cm³/mol. The normalized spacial score (nSPS) is 16.5. The molecule has 0 spiro atoms. The molecule has 2 rings (SSSR count). The van der Waals surface area contributed by atoms with Gasteiger partial charge in [0.05, 0.1) is 4.88 Å². The Morgan fingerprint density at radius 2 is 2.05 bits per heavy atom. The van der Waals surface area contributed by atoms with Crippen molar-refractivity contribution in [2.24, 2.45) is 0 Å². The lowest BCUT2D eigenvalue weighted by atomic mass is 9.95. The lowest BCUT2D eigenvalue weighted by Gasteiger charge is -2.22. The Morgan fingerprint density at radius 3 is 2.68 bits per heavy atom. The van der Waals surface area contributed by atoms with E-state index in [1.807, 2.05) is 0 Å². The second-order valence-corrected chi connectivity index (χ2v) is 6.61. The highest BCUT2D eigenvalue weighted by Gasteiger charge is 2.19. The number of aryl methyl sites for hydroxylation is 2. The largest absolute Gasteiger partial charge is 0.349 e. The van der Waals surface area contributed by atoms with Crippen molar-refractivity contribution >= 4 is 17.2 Å². The summed E-state index contributed by atoms with van der Waals surface area (Å²) in [6.07, 6.45) is 9.43. The van der Waals surface area contributed by atoms with Crippen molar-refractivity contribution in [2.75, 3.05) is 0 Å². The lowest BCUT2D eigenvalue weighted by molar-refractivity contribution is 0.0932. The standard InChI is InChI=1S/C16H25NOS/c1-3-8-14-12(4-2)11-15(19-14)16(18)17-13-9-6-5-7-10-13/h11,13H,3-10H2,1-2H3,(H,17,18). The quantitative estimate of drug-likeness (QED) is 0.854. The van der Waals surface area contributed by atoms with E-state index in [4.69, 9.17) is 0 Å². The van der Waals surface area contributed by atoms with Gasteiger partial charge in [0.15, 0.2) is 0 Å². The van der Waals surface area contributed by atoms with Crippen molar-refractivity contribution in [3.8, 4) is 0 Å². The summed E-state index contributed by atoms with van der Waals surface area (Å²) in [5.41, 5.74) is 1.36. The first-order chi connectivity index (χ1) is 9.24. The Balaban J connectivity index is 2.01. The number of hydrogen-bond acceptors (Lipinski definition) is 2. The third-order valence-electron chi connectivity index (χ3n) is 3.92. The average Bonchev–Trinajstić information content (AvgIpc) is 2.83. The predicted octanol–water partition coefficient (Wildman–Crippen LogP) is 4.33. The fraction of sp³-hybridized carbons (Fsp3) is 0.688. The third kappa shape index (κ3) is 3.82. The number of rotatable bonds is 5. The van der Waals surface area contributed by atoms with E-state index < -0.39 is 0 Å². The molecule has 1 aromatic heterocycles. The third-order valence-corrected chi connectivity index (χ3v) is 5.15. The Labute approximate surface area is 120 Å². The van der Waals surface area contributed by atoms with Gasteiger partial charge < -0.3 is 5.32 Å². The van der Waals surface area contributed by atoms with Crippen LogP contribution in [0, 0.1) is 0 Å². The van der Waals surface area contributed by atoms with Gasteiger partial charge in [-0.2, -0.15) is 0 Å². The summed E-state index contributed by atoms with van der Waals surface area (Å²) in [7, 11) is 0. The zero-order chi connectivity index (χ0) is 13.7. The average molecular weight is 279 g/mol. The topological polar surface area (TPSA) is 29.1 Å². The molecule has 1 saturated carbocycles. The monoisotopic (exact) mass is 279 g/mol. The van der Waals surface area contributed by atoms with Gasteiger partial charge in [0.2, 0.25) is 0 Å². The molecule has 0 bridgehead atoms. The van der Waals surface area contributed by atoms with Crippen LogP contribution in [0.2, 0.25) is 0 Å². The molecule has 1 aliphatic rings. The molecule has 2 nitrogen and oxygen atoms in total. The van der Waals surface area contributed by atoms with E-state index in [0.29, 0.717) is 6.04 Å². The number of carbonyl (C=O) groups excluding carboxylic acids is 1. The van der Waals surface area contributed by atoms with Gasteiger partial charge in [0.1, 0.15) is 0 Å². The molecule has 1 amide bonds. The minimum absolute atomic E-state index is 0.147. The Morgan fingerprint density at radius 1 is 1.32 bits per heavy atom. The van der Waals surface area contributed by atoms with Crippen LogP contribution in [0.1, 0.15) is 72.5 Å². The Kier molecular flexibility index (Phi) is 5.44. The van der Waals surface area contributed by atoms with Crippen LogP contribution in [0.3, 0.4) is 0 Å². The van der Waals surface area contributed by atoms with Crippen LogP contribution in [0.25, 0.3) is 0 Å². The van der Waals surface area contributed by atoms with Crippen LogP contribution in [0.15, 0.2) is 6.07 Å². The highest BCUT2D eigenvalue weighted by Crippen LogP contribution is 2.25. The number of thiophene rings is 1. The second-order valence-electron chi connectivity index (χ2n) is 5.47. The highest BCUT2D eigenvalue weighted by atomic mass is 32.1. The fourth-order valence-corrected chi connectivity index (χ4v) is 4.08. The molecule has 0 atom stereocenters. The van der Waals surface area contributed by atoms with Crippen molar-refractivity contribution < 1.29 is 4.79 Å². The van der Waals surface area contributed by atoms with Gasteiger partial charge in [-0.05, 0) is 37.3 Å². The van der Waals surface area contributed by atoms with E-state index in [-0.39, 0.29) is 5.91 Å². The zero-order valence-corrected chi connectivity index (χ0v) is 12.9. The van der Waals surface area contributed by atoms with Crippen LogP contribution in [0.4, 0.5) is 0 Å². The Bertz CT molecular complexity index is 418. The van der Waals surface area contributed by atoms with Crippen molar-refractivity contribution in [1.82, 2.24) is 5.32 Å². The summed E-state index contributed by atoms with van der Waals surface area (Å²) in [4.78, 5) is 14.6. The maximum atomic E-state index is 12.3. The molecule has 19 heavy (non-hydrogen) atoms. The van der Waals surface area contributed by atoms with Crippen LogP contribution < -0.4 is 5.32 Å². The first-order valence-corrected chi connectivity index (χ1v) is 8.48. The summed E-state index contributed by atoms with van der Waals surface area (Å²) in [6.45, 7) is 4.37. The molecular formula is C16H25NOS. The van der Waals surface area contributed by atoms with Crippen molar-refractivity contribution in [3.05, 3.63) is 21.4 Å². The summed E-state index contributed by atoms with van der Waals surface area (Å²) in [6, 6.07) is 2.51. The minimum atomic E-state index is 0.147. The fourth-order valence-electron chi connectivity index (χ4n) is 2.82. The molecule has 1 heterocycles. The summed E-state index contributed by atoms with van der Waals surface area (Å²) in [5, 5.41) is 3.21. The molecule has 0 aliphatic heterocycles. The maximum Gasteiger partial charge on any atom is 0.261 e. The molecule has 1 fully saturated rings. The van der Waals surface area contributed by atoms with Gasteiger partial charge in [-0.25, -0.2) is 0 Å². The highest BCUT2D eigenvalue weighted by molar-refractivity contribution is 7.14. The first-order valence-electron chi connectivity index (χ1n) is 7.67. The Hall–Kier alpha value is -0.830. The van der Waals surface area contributed by atoms with Gasteiger partial charge in [0, 0.05) is 10.9 Å². The molecule has 3 heteroatoms. The SMILES string of the molecule is CCCc1sc(C(=O)NC2CCCCC2)cc1CC. The van der Waals surface area contributed by atoms with E-state index >= 15 is 0 Å². The van der Waals surface area contributed by atoms with Crippen molar-refractivity contribution in [2.45, 2.75) is 71.3 Å². The first kappa shape index (κ1) is 14.6. The van der Waals surface area contributed by atoms with Crippen LogP contribution in [-0.4, -0.2) is 11.9 Å². The van der Waals surface area contributed by atoms with Crippen molar-refractivity contribution in [1.29, 1.82) is 0 Å². The van der Waals surface area contributed by atoms with E-state index in [2.05, 4.69) is 25.2 Å². The molecule has 0 aromatic carbocycles. The van der Waals surface area contributed by atoms with E-state index in [1.165, 1.54) is 29.7 Å². The summed E-state index contributed by atoms with van der Waals surface area (Å²) >= 11 is 1.69. The van der Waals surface area contributed by atoms with E-state index in [9.17, 15) is 4.79 Å². The van der Waals surface area contributed by atoms with Gasteiger partial charge in [-0.15, -0.1) is 11.3 Å². The molecule has 1 aliphatic carbocycles. The van der Waals surface area contributed by atoms with Crippen LogP contribution in [0.5, 0.6) is 0 Å². The molecule has 1 N–H and O–H groups in total. The number of amides is 1. The summed E-state index contributed by atoms with van der Waals surface area (Å²) in [5.74, 6) is 0.147. The van der Waals surface area contributed by atoms with Gasteiger partial charge in [0.25, 0.3) is 5.91 Å². The molecular weight excluding hydrogens is 254 g/mol. The van der Waals surface area contributed by atoms with Gasteiger partial charge in [-0.1, -0.05) is 39.5 Å². The van der Waals surface area contributed by atoms with E-state index in [0.717, 1.165) is 37.0 Å². The van der Waals surface area contributed by atoms with Gasteiger partial charge in [-0.3, -0.25) is 4.79 Å². The molecule has 0 saturated heterocycles. The lowest BCUT2D eigenvalue weighted by Crippen LogP contribution is -2.35. The number of hydrogen-bond donors (Lipinski definition) is 1. The van der Waals surface area contributed by atoms with Crippen LogP contribution in [-0.2, 0) is 12.8 Å². The van der Waals surface area contributed by atoms with Crippen LogP contribution >= 0.6 is 11.3 Å². The molecule has 0 unspecified atom stereocenters. The summed E-state index contributed by atoms with van der Waals surface area (Å²) < 4.78 is 0. The minimum Gasteiger partial charge on any atom is -0.349 e.